The molecule has 102 valence electrons. The van der Waals surface area contributed by atoms with E-state index in [0.717, 1.165) is 18.2 Å². The number of aromatic nitrogens is 2. The van der Waals surface area contributed by atoms with Crippen molar-refractivity contribution in [3.05, 3.63) is 58.1 Å². The highest BCUT2D eigenvalue weighted by molar-refractivity contribution is 5.93. The zero-order valence-electron chi connectivity index (χ0n) is 10.6. The molecule has 1 atom stereocenters. The molecule has 2 aromatic rings. The number of aromatic carboxylic acids is 1. The van der Waals surface area contributed by atoms with Gasteiger partial charge in [-0.2, -0.15) is 0 Å². The standard InChI is InChI=1S/C14H13N3O3/c18-13(19)11-7-15-14(20)17-8-10(16-12(11)17)6-9-4-2-1-3-5-9/h1-5,7,10,16H,6,8H2,(H,18,19)/t10-/m0/s1. The molecule has 0 aliphatic carbocycles. The summed E-state index contributed by atoms with van der Waals surface area (Å²) in [6, 6.07) is 9.85. The molecule has 0 saturated heterocycles. The van der Waals surface area contributed by atoms with Gasteiger partial charge < -0.3 is 10.4 Å². The molecule has 2 N–H and O–H groups in total. The van der Waals surface area contributed by atoms with E-state index in [0.29, 0.717) is 12.4 Å². The van der Waals surface area contributed by atoms with Crippen LogP contribution >= 0.6 is 0 Å². The van der Waals surface area contributed by atoms with E-state index < -0.39 is 11.7 Å². The highest BCUT2D eigenvalue weighted by atomic mass is 16.4. The number of fused-ring (bicyclic) bond motifs is 1. The summed E-state index contributed by atoms with van der Waals surface area (Å²) in [6.07, 6.45) is 1.83. The van der Waals surface area contributed by atoms with Crippen LogP contribution in [0.5, 0.6) is 0 Å². The van der Waals surface area contributed by atoms with Crippen LogP contribution in [-0.4, -0.2) is 26.7 Å². The predicted molar refractivity (Wildman–Crippen MR) is 73.0 cm³/mol. The Bertz CT molecular complexity index is 709. The maximum Gasteiger partial charge on any atom is 0.349 e. The number of benzene rings is 1. The summed E-state index contributed by atoms with van der Waals surface area (Å²) >= 11 is 0. The normalized spacial score (nSPS) is 16.5. The molecule has 0 fully saturated rings. The smallest absolute Gasteiger partial charge is 0.349 e. The Balaban J connectivity index is 1.88. The van der Waals surface area contributed by atoms with Gasteiger partial charge in [-0.05, 0) is 12.0 Å². The largest absolute Gasteiger partial charge is 0.478 e. The summed E-state index contributed by atoms with van der Waals surface area (Å²) in [7, 11) is 0. The first-order valence-corrected chi connectivity index (χ1v) is 6.29. The molecule has 2 heterocycles. The number of nitrogens with zero attached hydrogens (tertiary/aromatic N) is 2. The summed E-state index contributed by atoms with van der Waals surface area (Å²) in [5.41, 5.74) is 0.740. The second kappa shape index (κ2) is 4.80. The summed E-state index contributed by atoms with van der Waals surface area (Å²) in [5, 5.41) is 12.2. The first-order chi connectivity index (χ1) is 9.65. The molecule has 0 unspecified atom stereocenters. The van der Waals surface area contributed by atoms with Gasteiger partial charge in [0.15, 0.2) is 0 Å². The van der Waals surface area contributed by atoms with Crippen LogP contribution in [0, 0.1) is 0 Å². The average Bonchev–Trinajstić information content (AvgIpc) is 2.84. The molecule has 1 aliphatic rings. The number of hydrogen-bond acceptors (Lipinski definition) is 4. The van der Waals surface area contributed by atoms with Crippen molar-refractivity contribution in [2.45, 2.75) is 19.0 Å². The lowest BCUT2D eigenvalue weighted by Gasteiger charge is -2.10. The average molecular weight is 271 g/mol. The molecule has 20 heavy (non-hydrogen) atoms. The number of carboxylic acid groups (broad SMARTS) is 1. The summed E-state index contributed by atoms with van der Waals surface area (Å²) < 4.78 is 1.39. The van der Waals surface area contributed by atoms with Gasteiger partial charge in [0, 0.05) is 12.6 Å². The van der Waals surface area contributed by atoms with E-state index >= 15 is 0 Å². The summed E-state index contributed by atoms with van der Waals surface area (Å²) in [6.45, 7) is 0.428. The zero-order valence-corrected chi connectivity index (χ0v) is 10.6. The molecular formula is C14H13N3O3. The molecule has 6 heteroatoms. The van der Waals surface area contributed by atoms with Crippen LogP contribution in [0.15, 0.2) is 41.3 Å². The SMILES string of the molecule is O=C(O)c1cnc(=O)n2c1N[C@@H](Cc1ccccc1)C2. The molecule has 0 saturated carbocycles. The molecule has 0 bridgehead atoms. The fourth-order valence-corrected chi connectivity index (χ4v) is 2.45. The Morgan fingerprint density at radius 1 is 1.40 bits per heavy atom. The van der Waals surface area contributed by atoms with Crippen LogP contribution < -0.4 is 11.0 Å². The lowest BCUT2D eigenvalue weighted by molar-refractivity contribution is 0.0697. The van der Waals surface area contributed by atoms with Crippen molar-refractivity contribution in [2.75, 3.05) is 5.32 Å². The predicted octanol–water partition coefficient (Wildman–Crippen LogP) is 0.978. The lowest BCUT2D eigenvalue weighted by atomic mass is 10.1. The van der Waals surface area contributed by atoms with Gasteiger partial charge in [0.1, 0.15) is 11.4 Å². The van der Waals surface area contributed by atoms with Gasteiger partial charge in [-0.15, -0.1) is 0 Å². The van der Waals surface area contributed by atoms with Crippen molar-refractivity contribution in [2.24, 2.45) is 0 Å². The van der Waals surface area contributed by atoms with Gasteiger partial charge in [0.2, 0.25) is 0 Å². The van der Waals surface area contributed by atoms with Crippen molar-refractivity contribution >= 4 is 11.8 Å². The maximum atomic E-state index is 11.7. The highest BCUT2D eigenvalue weighted by Crippen LogP contribution is 2.22. The zero-order chi connectivity index (χ0) is 14.1. The van der Waals surface area contributed by atoms with Gasteiger partial charge in [-0.3, -0.25) is 4.57 Å². The Kier molecular flexibility index (Phi) is 2.98. The fraction of sp³-hybridized carbons (Fsp3) is 0.214. The number of carboxylic acids is 1. The van der Waals surface area contributed by atoms with Gasteiger partial charge in [-0.1, -0.05) is 30.3 Å². The number of hydrogen-bond donors (Lipinski definition) is 2. The third kappa shape index (κ3) is 2.16. The molecular weight excluding hydrogens is 258 g/mol. The minimum absolute atomic E-state index is 0.00704. The van der Waals surface area contributed by atoms with E-state index in [4.69, 9.17) is 5.11 Å². The number of nitrogens with one attached hydrogen (secondary N) is 1. The monoisotopic (exact) mass is 271 g/mol. The molecule has 6 nitrogen and oxygen atoms in total. The first kappa shape index (κ1) is 12.4. The molecule has 0 radical (unpaired) electrons. The van der Waals surface area contributed by atoms with Crippen LogP contribution in [0.1, 0.15) is 15.9 Å². The van der Waals surface area contributed by atoms with Crippen LogP contribution in [-0.2, 0) is 13.0 Å². The Morgan fingerprint density at radius 2 is 2.15 bits per heavy atom. The van der Waals surface area contributed by atoms with E-state index in [1.165, 1.54) is 4.57 Å². The van der Waals surface area contributed by atoms with E-state index in [2.05, 4.69) is 10.3 Å². The van der Waals surface area contributed by atoms with Crippen LogP contribution in [0.2, 0.25) is 0 Å². The second-order valence-corrected chi connectivity index (χ2v) is 4.75. The van der Waals surface area contributed by atoms with Crippen molar-refractivity contribution in [3.8, 4) is 0 Å². The molecule has 0 spiro atoms. The number of rotatable bonds is 3. The minimum Gasteiger partial charge on any atom is -0.478 e. The van der Waals surface area contributed by atoms with Crippen molar-refractivity contribution in [1.82, 2.24) is 9.55 Å². The first-order valence-electron chi connectivity index (χ1n) is 6.29. The summed E-state index contributed by atoms with van der Waals surface area (Å²) in [5.74, 6) is -0.743. The number of anilines is 1. The van der Waals surface area contributed by atoms with Crippen LogP contribution in [0.4, 0.5) is 5.82 Å². The van der Waals surface area contributed by atoms with E-state index in [1.807, 2.05) is 30.3 Å². The van der Waals surface area contributed by atoms with Crippen LogP contribution in [0.3, 0.4) is 0 Å². The van der Waals surface area contributed by atoms with E-state index in [1.54, 1.807) is 0 Å². The van der Waals surface area contributed by atoms with Crippen molar-refractivity contribution in [1.29, 1.82) is 0 Å². The molecule has 1 aromatic carbocycles. The Morgan fingerprint density at radius 3 is 2.85 bits per heavy atom. The van der Waals surface area contributed by atoms with E-state index in [-0.39, 0.29) is 11.6 Å². The Hall–Kier alpha value is -2.63. The molecule has 1 aromatic heterocycles. The van der Waals surface area contributed by atoms with Gasteiger partial charge in [0.05, 0.1) is 6.20 Å². The van der Waals surface area contributed by atoms with Crippen LogP contribution in [0.25, 0.3) is 0 Å². The molecule has 3 rings (SSSR count). The maximum absolute atomic E-state index is 11.7. The molecule has 0 amide bonds. The van der Waals surface area contributed by atoms with Gasteiger partial charge in [0.25, 0.3) is 0 Å². The number of carbonyl (C=O) groups is 1. The van der Waals surface area contributed by atoms with Crippen molar-refractivity contribution in [3.63, 3.8) is 0 Å². The Labute approximate surface area is 114 Å². The minimum atomic E-state index is -1.09. The van der Waals surface area contributed by atoms with Gasteiger partial charge in [-0.25, -0.2) is 14.6 Å². The summed E-state index contributed by atoms with van der Waals surface area (Å²) in [4.78, 5) is 26.4. The molecule has 1 aliphatic heterocycles. The van der Waals surface area contributed by atoms with E-state index in [9.17, 15) is 9.59 Å². The third-order valence-corrected chi connectivity index (χ3v) is 3.36. The van der Waals surface area contributed by atoms with Crippen molar-refractivity contribution < 1.29 is 9.90 Å². The fourth-order valence-electron chi connectivity index (χ4n) is 2.45. The van der Waals surface area contributed by atoms with Gasteiger partial charge >= 0.3 is 11.7 Å². The second-order valence-electron chi connectivity index (χ2n) is 4.75. The highest BCUT2D eigenvalue weighted by Gasteiger charge is 2.26. The quantitative estimate of drug-likeness (QED) is 0.869. The lowest BCUT2D eigenvalue weighted by Crippen LogP contribution is -2.24. The third-order valence-electron chi connectivity index (χ3n) is 3.36. The topological polar surface area (TPSA) is 84.2 Å².